The Kier molecular flexibility index (Phi) is 6.81. The summed E-state index contributed by atoms with van der Waals surface area (Å²) in [5.41, 5.74) is 4.76. The highest BCUT2D eigenvalue weighted by atomic mass is 32.2. The van der Waals surface area contributed by atoms with Crippen LogP contribution in [0.4, 0.5) is 0 Å². The third-order valence-corrected chi connectivity index (χ3v) is 7.64. The Bertz CT molecular complexity index is 1350. The minimum atomic E-state index is 0.699. The van der Waals surface area contributed by atoms with Crippen LogP contribution in [0, 0.1) is 11.3 Å². The summed E-state index contributed by atoms with van der Waals surface area (Å²) in [4.78, 5) is 4.62. The van der Waals surface area contributed by atoms with Gasteiger partial charge in [0.05, 0.1) is 5.56 Å². The molecule has 0 saturated carbocycles. The Morgan fingerprint density at radius 3 is 1.24 bits per heavy atom. The first-order valence-corrected chi connectivity index (χ1v) is 12.6. The fourth-order valence-electron chi connectivity index (χ4n) is 3.91. The predicted molar refractivity (Wildman–Crippen MR) is 143 cm³/mol. The Morgan fingerprint density at radius 2 is 0.794 bits per heavy atom. The summed E-state index contributed by atoms with van der Waals surface area (Å²) in [5.74, 6) is 0. The molecule has 1 nitrogen and oxygen atoms in total. The van der Waals surface area contributed by atoms with Crippen molar-refractivity contribution in [2.24, 2.45) is 0 Å². The van der Waals surface area contributed by atoms with Crippen molar-refractivity contribution in [2.75, 3.05) is 0 Å². The lowest BCUT2D eigenvalue weighted by atomic mass is 9.92. The average molecular weight is 472 g/mol. The molecule has 0 bridgehead atoms. The van der Waals surface area contributed by atoms with Gasteiger partial charge in [-0.05, 0) is 47.5 Å². The normalized spacial score (nSPS) is 10.6. The van der Waals surface area contributed by atoms with Crippen LogP contribution in [0.1, 0.15) is 5.56 Å². The molecule has 0 saturated heterocycles. The zero-order valence-corrected chi connectivity index (χ0v) is 20.0. The maximum atomic E-state index is 10.3. The van der Waals surface area contributed by atoms with Crippen molar-refractivity contribution in [1.82, 2.24) is 0 Å². The number of hydrogen-bond acceptors (Lipinski definition) is 3. The molecule has 0 heterocycles. The highest BCUT2D eigenvalue weighted by molar-refractivity contribution is 7.99. The van der Waals surface area contributed by atoms with Gasteiger partial charge in [-0.1, -0.05) is 115 Å². The highest BCUT2D eigenvalue weighted by Gasteiger charge is 2.17. The fraction of sp³-hybridized carbons (Fsp3) is 0. The van der Waals surface area contributed by atoms with Crippen molar-refractivity contribution < 1.29 is 0 Å². The molecule has 0 aromatic heterocycles. The summed E-state index contributed by atoms with van der Waals surface area (Å²) in [6.45, 7) is 0. The van der Waals surface area contributed by atoms with Gasteiger partial charge in [-0.15, -0.1) is 0 Å². The second kappa shape index (κ2) is 10.5. The standard InChI is InChI=1S/C31H21NS2/c32-22-29-25(27-16-7-9-20-30(27)33-23-12-3-1-4-13-23)18-11-19-26(29)28-17-8-10-21-31(28)34-24-14-5-2-6-15-24/h1-21H. The zero-order valence-electron chi connectivity index (χ0n) is 18.4. The molecule has 0 atom stereocenters. The maximum absolute atomic E-state index is 10.3. The number of hydrogen-bond donors (Lipinski definition) is 0. The molecular weight excluding hydrogens is 450 g/mol. The van der Waals surface area contributed by atoms with E-state index in [1.54, 1.807) is 23.5 Å². The minimum absolute atomic E-state index is 0.699. The third-order valence-electron chi connectivity index (χ3n) is 5.47. The number of nitrogens with zero attached hydrogens (tertiary/aromatic N) is 1. The summed E-state index contributed by atoms with van der Waals surface area (Å²) in [5, 5.41) is 10.3. The molecule has 0 aliphatic rings. The topological polar surface area (TPSA) is 23.8 Å². The van der Waals surface area contributed by atoms with E-state index in [1.807, 2.05) is 48.5 Å². The van der Waals surface area contributed by atoms with Gasteiger partial charge in [0.25, 0.3) is 0 Å². The average Bonchev–Trinajstić information content (AvgIpc) is 2.90. The van der Waals surface area contributed by atoms with E-state index >= 15 is 0 Å². The van der Waals surface area contributed by atoms with Crippen LogP contribution in [-0.2, 0) is 0 Å². The minimum Gasteiger partial charge on any atom is -0.192 e. The Balaban J connectivity index is 1.60. The molecule has 0 N–H and O–H groups in total. The quantitative estimate of drug-likeness (QED) is 0.247. The first-order chi connectivity index (χ1) is 16.8. The first kappa shape index (κ1) is 22.1. The van der Waals surface area contributed by atoms with E-state index < -0.39 is 0 Å². The number of benzene rings is 5. The summed E-state index contributed by atoms with van der Waals surface area (Å²) in [6, 6.07) is 46.0. The van der Waals surface area contributed by atoms with E-state index in [9.17, 15) is 5.26 Å². The lowest BCUT2D eigenvalue weighted by Gasteiger charge is -2.15. The van der Waals surface area contributed by atoms with E-state index in [-0.39, 0.29) is 0 Å². The summed E-state index contributed by atoms with van der Waals surface area (Å²) in [7, 11) is 0. The van der Waals surface area contributed by atoms with Crippen molar-refractivity contribution in [1.29, 1.82) is 5.26 Å². The molecule has 0 amide bonds. The molecule has 0 radical (unpaired) electrons. The second-order valence-corrected chi connectivity index (χ2v) is 9.89. The Morgan fingerprint density at radius 1 is 0.412 bits per heavy atom. The van der Waals surface area contributed by atoms with Gasteiger partial charge >= 0.3 is 0 Å². The molecule has 5 aromatic carbocycles. The second-order valence-electron chi connectivity index (χ2n) is 7.66. The third kappa shape index (κ3) is 4.79. The van der Waals surface area contributed by atoms with Crippen molar-refractivity contribution in [3.63, 3.8) is 0 Å². The van der Waals surface area contributed by atoms with Crippen molar-refractivity contribution in [3.05, 3.63) is 133 Å². The van der Waals surface area contributed by atoms with Crippen molar-refractivity contribution in [3.8, 4) is 28.3 Å². The summed E-state index contributed by atoms with van der Waals surface area (Å²) < 4.78 is 0. The van der Waals surface area contributed by atoms with Gasteiger partial charge < -0.3 is 0 Å². The molecule has 0 fully saturated rings. The van der Waals surface area contributed by atoms with Crippen LogP contribution in [-0.4, -0.2) is 0 Å². The molecule has 3 heteroatoms. The van der Waals surface area contributed by atoms with Crippen LogP contribution in [0.5, 0.6) is 0 Å². The van der Waals surface area contributed by atoms with Gasteiger partial charge in [0.15, 0.2) is 0 Å². The summed E-state index contributed by atoms with van der Waals surface area (Å²) >= 11 is 3.44. The molecule has 0 aliphatic heterocycles. The van der Waals surface area contributed by atoms with Gasteiger partial charge in [0.1, 0.15) is 6.07 Å². The molecule has 5 aromatic rings. The van der Waals surface area contributed by atoms with Crippen LogP contribution >= 0.6 is 23.5 Å². The fourth-order valence-corrected chi connectivity index (χ4v) is 5.87. The van der Waals surface area contributed by atoms with Crippen molar-refractivity contribution >= 4 is 23.5 Å². The van der Waals surface area contributed by atoms with E-state index in [2.05, 4.69) is 84.9 Å². The van der Waals surface area contributed by atoms with E-state index in [0.29, 0.717) is 5.56 Å². The smallest absolute Gasteiger partial charge is 0.100 e. The molecule has 5 rings (SSSR count). The monoisotopic (exact) mass is 471 g/mol. The van der Waals surface area contributed by atoms with Crippen molar-refractivity contribution in [2.45, 2.75) is 19.6 Å². The van der Waals surface area contributed by atoms with E-state index in [0.717, 1.165) is 32.0 Å². The molecule has 34 heavy (non-hydrogen) atoms. The van der Waals surface area contributed by atoms with E-state index in [4.69, 9.17) is 0 Å². The van der Waals surface area contributed by atoms with Crippen LogP contribution in [0.2, 0.25) is 0 Å². The van der Waals surface area contributed by atoms with Crippen LogP contribution in [0.15, 0.2) is 147 Å². The van der Waals surface area contributed by atoms with Gasteiger partial charge in [-0.25, -0.2) is 0 Å². The summed E-state index contributed by atoms with van der Waals surface area (Å²) in [6.07, 6.45) is 0. The van der Waals surface area contributed by atoms with Crippen LogP contribution in [0.25, 0.3) is 22.3 Å². The van der Waals surface area contributed by atoms with Crippen LogP contribution in [0.3, 0.4) is 0 Å². The van der Waals surface area contributed by atoms with E-state index in [1.165, 1.54) is 9.79 Å². The van der Waals surface area contributed by atoms with Gasteiger partial charge in [0.2, 0.25) is 0 Å². The van der Waals surface area contributed by atoms with Gasteiger partial charge in [0, 0.05) is 30.7 Å². The predicted octanol–water partition coefficient (Wildman–Crippen LogP) is 9.19. The lowest BCUT2D eigenvalue weighted by Crippen LogP contribution is -1.93. The highest BCUT2D eigenvalue weighted by Crippen LogP contribution is 2.42. The number of nitriles is 1. The van der Waals surface area contributed by atoms with Crippen LogP contribution < -0.4 is 0 Å². The molecule has 162 valence electrons. The molecule has 0 spiro atoms. The zero-order chi connectivity index (χ0) is 23.2. The molecular formula is C31H21NS2. The maximum Gasteiger partial charge on any atom is 0.100 e. The Labute approximate surface area is 209 Å². The Hall–Kier alpha value is -3.71. The first-order valence-electron chi connectivity index (χ1n) is 11.0. The largest absolute Gasteiger partial charge is 0.192 e. The SMILES string of the molecule is N#Cc1c(-c2ccccc2Sc2ccccc2)cccc1-c1ccccc1Sc1ccccc1. The molecule has 0 unspecified atom stereocenters. The molecule has 0 aliphatic carbocycles. The lowest BCUT2D eigenvalue weighted by molar-refractivity contribution is 1.37. The number of rotatable bonds is 6. The van der Waals surface area contributed by atoms with Gasteiger partial charge in [-0.2, -0.15) is 5.26 Å². The van der Waals surface area contributed by atoms with Gasteiger partial charge in [-0.3, -0.25) is 0 Å².